The highest BCUT2D eigenvalue weighted by atomic mass is 15.2. The predicted octanol–water partition coefficient (Wildman–Crippen LogP) is 26.6. The van der Waals surface area contributed by atoms with Gasteiger partial charge in [0, 0.05) is 77.0 Å². The van der Waals surface area contributed by atoms with Crippen LogP contribution in [0.2, 0.25) is 0 Å². The van der Waals surface area contributed by atoms with Crippen LogP contribution in [0.5, 0.6) is 0 Å². The summed E-state index contributed by atoms with van der Waals surface area (Å²) in [7, 11) is 0. The summed E-state index contributed by atoms with van der Waals surface area (Å²) in [5.74, 6) is 0. The van der Waals surface area contributed by atoms with E-state index in [4.69, 9.17) is 0 Å². The van der Waals surface area contributed by atoms with Gasteiger partial charge < -0.3 is 18.6 Å². The summed E-state index contributed by atoms with van der Waals surface area (Å²) in [4.78, 5) is 5.14. The van der Waals surface area contributed by atoms with Gasteiger partial charge in [-0.05, 0) is 161 Å². The number of benzene rings is 14. The van der Waals surface area contributed by atoms with E-state index in [1.807, 2.05) is 6.08 Å². The average Bonchev–Trinajstić information content (AvgIpc) is 1.49. The van der Waals surface area contributed by atoms with Gasteiger partial charge in [-0.1, -0.05) is 280 Å². The van der Waals surface area contributed by atoms with Crippen LogP contribution < -0.4 is 9.80 Å². The molecule has 0 aliphatic heterocycles. The molecule has 0 fully saturated rings. The molecule has 0 aliphatic rings. The Balaban J connectivity index is 1.01. The van der Waals surface area contributed by atoms with E-state index in [0.717, 1.165) is 89.6 Å². The predicted molar refractivity (Wildman–Crippen MR) is 424 cm³/mol. The lowest BCUT2D eigenvalue weighted by molar-refractivity contribution is 1.24. The Hall–Kier alpha value is -12.5. The molecule has 4 heteroatoms. The van der Waals surface area contributed by atoms with Gasteiger partial charge in [-0.15, -0.1) is 0 Å². The summed E-state index contributed by atoms with van der Waals surface area (Å²) in [6.07, 6.45) is 8.69. The number of anilines is 6. The standard InChI is InChI=1S/C95H70N4/c1-7-28-68(29-8-2)86-90-76-52-54-80(96(82-56-70(48-44-60(82)3)64-30-14-9-15-31-64)83-57-71(49-45-61(83)4)65-32-16-10-17-33-65)88-75-41-25-27-43-79(75)99(92(76)88)95(90)87(69-38-22-13-23-39-69)91-77-53-55-81(89-74-40-24-26-42-78(74)98(93(77)89)94(86)91)97(84-58-72(50-46-62(84)5)66-34-18-11-19-35-66)85-59-73(51-47-63(85)6)67-36-20-12-21-37-67/h7-59H,1H2,2-6H3/b29-8-,68-28+. The first-order valence-corrected chi connectivity index (χ1v) is 34.4. The van der Waals surface area contributed by atoms with Crippen molar-refractivity contribution in [3.05, 3.63) is 356 Å². The van der Waals surface area contributed by atoms with Crippen LogP contribution >= 0.6 is 0 Å². The Morgan fingerprint density at radius 3 is 1.02 bits per heavy atom. The van der Waals surface area contributed by atoms with Crippen molar-refractivity contribution in [2.24, 2.45) is 0 Å². The SMILES string of the molecule is C=C/C=C(\C=C/C)c1c2c3ccc(N(c4cc(-c5ccccc5)ccc4C)c4cc(-c5ccccc5)ccc4C)c4c5ccccc5n(c2c(-c2ccccc2)c2c5ccc(N(c6cc(-c7ccccc7)ccc6C)c6cc(-c7ccccc7)ccc6C)c6c7ccccc7n(c12)c56)c34. The van der Waals surface area contributed by atoms with Crippen LogP contribution in [-0.2, 0) is 0 Å². The normalized spacial score (nSPS) is 12.2. The first-order valence-electron chi connectivity index (χ1n) is 34.4. The smallest absolute Gasteiger partial charge is 0.0642 e. The maximum absolute atomic E-state index is 4.46. The molecular formula is C95H70N4. The fourth-order valence-electron chi connectivity index (χ4n) is 16.2. The lowest BCUT2D eigenvalue weighted by atomic mass is 9.88. The van der Waals surface area contributed by atoms with Crippen LogP contribution in [0.15, 0.2) is 328 Å². The van der Waals surface area contributed by atoms with E-state index < -0.39 is 0 Å². The molecule has 0 atom stereocenters. The molecule has 0 radical (unpaired) electrons. The van der Waals surface area contributed by atoms with Gasteiger partial charge in [0.2, 0.25) is 0 Å². The molecule has 0 aliphatic carbocycles. The van der Waals surface area contributed by atoms with Gasteiger partial charge in [0.25, 0.3) is 0 Å². The van der Waals surface area contributed by atoms with Crippen LogP contribution in [-0.4, -0.2) is 8.80 Å². The molecule has 0 saturated heterocycles. The fraction of sp³-hybridized carbons (Fsp3) is 0.0526. The Morgan fingerprint density at radius 1 is 0.303 bits per heavy atom. The number of hydrogen-bond acceptors (Lipinski definition) is 2. The van der Waals surface area contributed by atoms with Crippen LogP contribution in [0.3, 0.4) is 0 Å². The van der Waals surface area contributed by atoms with Crippen molar-refractivity contribution in [2.75, 3.05) is 9.80 Å². The summed E-state index contributed by atoms with van der Waals surface area (Å²) in [5.41, 5.74) is 32.3. The van der Waals surface area contributed by atoms with Crippen molar-refractivity contribution < 1.29 is 0 Å². The minimum absolute atomic E-state index is 1.08. The zero-order valence-corrected chi connectivity index (χ0v) is 56.1. The minimum atomic E-state index is 1.08. The molecule has 4 nitrogen and oxygen atoms in total. The second-order valence-corrected chi connectivity index (χ2v) is 26.5. The van der Waals surface area contributed by atoms with Gasteiger partial charge in [0.05, 0.1) is 44.5 Å². The molecule has 0 amide bonds. The summed E-state index contributed by atoms with van der Waals surface area (Å²) in [6, 6.07) is 110. The van der Waals surface area contributed by atoms with E-state index in [0.29, 0.717) is 0 Å². The van der Waals surface area contributed by atoms with E-state index in [9.17, 15) is 0 Å². The number of nitrogens with zero attached hydrogens (tertiary/aromatic N) is 4. The van der Waals surface area contributed by atoms with E-state index in [1.165, 1.54) is 110 Å². The molecule has 18 aromatic rings. The third-order valence-electron chi connectivity index (χ3n) is 20.7. The molecule has 0 N–H and O–H groups in total. The number of allylic oxidation sites excluding steroid dienone is 5. The zero-order chi connectivity index (χ0) is 66.6. The highest BCUT2D eigenvalue weighted by Crippen LogP contribution is 2.57. The average molecular weight is 1270 g/mol. The first-order chi connectivity index (χ1) is 48.8. The third kappa shape index (κ3) is 9.28. The molecular weight excluding hydrogens is 1200 g/mol. The topological polar surface area (TPSA) is 15.3 Å². The van der Waals surface area contributed by atoms with E-state index in [1.54, 1.807) is 0 Å². The number of fused-ring (bicyclic) bond motifs is 12. The largest absolute Gasteiger partial charge is 0.309 e. The van der Waals surface area contributed by atoms with Crippen molar-refractivity contribution in [1.29, 1.82) is 0 Å². The molecule has 14 aromatic carbocycles. The lowest BCUT2D eigenvalue weighted by Gasteiger charge is -2.30. The lowest BCUT2D eigenvalue weighted by Crippen LogP contribution is -2.13. The number of rotatable bonds is 14. The molecule has 470 valence electrons. The highest BCUT2D eigenvalue weighted by Gasteiger charge is 2.34. The maximum atomic E-state index is 4.46. The third-order valence-corrected chi connectivity index (χ3v) is 20.7. The van der Waals surface area contributed by atoms with Crippen molar-refractivity contribution >= 4 is 116 Å². The number of para-hydroxylation sites is 2. The zero-order valence-electron chi connectivity index (χ0n) is 56.1. The molecule has 0 unspecified atom stereocenters. The fourth-order valence-corrected chi connectivity index (χ4v) is 16.2. The van der Waals surface area contributed by atoms with E-state index in [2.05, 4.69) is 375 Å². The monoisotopic (exact) mass is 1270 g/mol. The summed E-state index contributed by atoms with van der Waals surface area (Å²) < 4.78 is 5.29. The Bertz CT molecular complexity index is 5900. The highest BCUT2D eigenvalue weighted by molar-refractivity contribution is 6.38. The van der Waals surface area contributed by atoms with Gasteiger partial charge in [0.1, 0.15) is 0 Å². The molecule has 0 spiro atoms. The molecule has 0 saturated carbocycles. The van der Waals surface area contributed by atoms with Crippen molar-refractivity contribution in [1.82, 2.24) is 8.80 Å². The molecule has 0 bridgehead atoms. The number of aromatic nitrogens is 2. The van der Waals surface area contributed by atoms with Gasteiger partial charge in [0.15, 0.2) is 0 Å². The van der Waals surface area contributed by atoms with E-state index >= 15 is 0 Å². The number of aryl methyl sites for hydroxylation is 4. The van der Waals surface area contributed by atoms with E-state index in [-0.39, 0.29) is 0 Å². The number of hydrogen-bond donors (Lipinski definition) is 0. The summed E-state index contributed by atoms with van der Waals surface area (Å²) in [6.45, 7) is 15.7. The van der Waals surface area contributed by atoms with Crippen LogP contribution in [0, 0.1) is 27.7 Å². The van der Waals surface area contributed by atoms with Gasteiger partial charge in [-0.25, -0.2) is 0 Å². The molecule has 4 heterocycles. The Kier molecular flexibility index (Phi) is 14.1. The molecule has 99 heavy (non-hydrogen) atoms. The summed E-state index contributed by atoms with van der Waals surface area (Å²) in [5, 5.41) is 9.50. The van der Waals surface area contributed by atoms with Crippen LogP contribution in [0.4, 0.5) is 34.1 Å². The first kappa shape index (κ1) is 59.0. The maximum Gasteiger partial charge on any atom is 0.0642 e. The van der Waals surface area contributed by atoms with Crippen molar-refractivity contribution in [3.8, 4) is 55.6 Å². The van der Waals surface area contributed by atoms with Crippen molar-refractivity contribution in [3.63, 3.8) is 0 Å². The van der Waals surface area contributed by atoms with Crippen LogP contribution in [0.1, 0.15) is 34.7 Å². The quantitative estimate of drug-likeness (QED) is 0.101. The molecule has 18 rings (SSSR count). The van der Waals surface area contributed by atoms with Gasteiger partial charge in [-0.2, -0.15) is 0 Å². The Morgan fingerprint density at radius 2 is 0.646 bits per heavy atom. The van der Waals surface area contributed by atoms with Gasteiger partial charge >= 0.3 is 0 Å². The summed E-state index contributed by atoms with van der Waals surface area (Å²) >= 11 is 0. The molecule has 4 aromatic heterocycles. The van der Waals surface area contributed by atoms with Crippen molar-refractivity contribution in [2.45, 2.75) is 34.6 Å². The minimum Gasteiger partial charge on any atom is -0.309 e. The Labute approximate surface area is 577 Å². The second kappa shape index (κ2) is 23.7. The second-order valence-electron chi connectivity index (χ2n) is 26.5. The van der Waals surface area contributed by atoms with Crippen LogP contribution in [0.25, 0.3) is 137 Å². The van der Waals surface area contributed by atoms with Gasteiger partial charge in [-0.3, -0.25) is 0 Å².